The smallest absolute Gasteiger partial charge is 0.335 e. The molecule has 134 valence electrons. The van der Waals surface area contributed by atoms with Gasteiger partial charge in [0, 0.05) is 18.7 Å². The highest BCUT2D eigenvalue weighted by Gasteiger charge is 2.12. The van der Waals surface area contributed by atoms with Crippen molar-refractivity contribution in [1.82, 2.24) is 4.90 Å². The Morgan fingerprint density at radius 3 is 2.13 bits per heavy atom. The van der Waals surface area contributed by atoms with Crippen molar-refractivity contribution in [3.05, 3.63) is 24.8 Å². The topological polar surface area (TPSA) is 87.1 Å². The van der Waals surface area contributed by atoms with E-state index in [1.54, 1.807) is 17.9 Å². The average Bonchev–Trinajstić information content (AvgIpc) is 2.46. The average molecular weight is 347 g/mol. The van der Waals surface area contributed by atoms with Gasteiger partial charge in [0.15, 0.2) is 0 Å². The van der Waals surface area contributed by atoms with Crippen molar-refractivity contribution in [2.24, 2.45) is 0 Å². The summed E-state index contributed by atoms with van der Waals surface area (Å²) in [7, 11) is -4.31. The van der Waals surface area contributed by atoms with Crippen LogP contribution in [0.25, 0.3) is 0 Å². The van der Waals surface area contributed by atoms with Gasteiger partial charge in [0.1, 0.15) is 0 Å². The molecule has 0 saturated heterocycles. The number of amides is 1. The zero-order valence-electron chi connectivity index (χ0n) is 14.1. The molecule has 0 bridgehead atoms. The van der Waals surface area contributed by atoms with Crippen molar-refractivity contribution in [1.29, 1.82) is 0 Å². The first-order chi connectivity index (χ1) is 10.8. The summed E-state index contributed by atoms with van der Waals surface area (Å²) < 4.78 is 14.8. The van der Waals surface area contributed by atoms with E-state index in [0.717, 1.165) is 38.5 Å². The molecule has 2 N–H and O–H groups in total. The molecule has 0 unspecified atom stereocenters. The summed E-state index contributed by atoms with van der Waals surface area (Å²) in [5.74, 6) is -0.0186. The van der Waals surface area contributed by atoms with Crippen LogP contribution >= 0.6 is 7.82 Å². The standard InChI is InChI=1S/C16H30NO5P/c1-4-12-17(16(18)15(2)3)13-10-8-6-5-7-9-11-14-22-23(19,20)21/h4H,1-2,5-14H2,3H3,(H2,19,20,21). The van der Waals surface area contributed by atoms with Crippen LogP contribution < -0.4 is 0 Å². The fourth-order valence-electron chi connectivity index (χ4n) is 2.17. The van der Waals surface area contributed by atoms with Gasteiger partial charge >= 0.3 is 7.82 Å². The molecule has 0 aromatic heterocycles. The van der Waals surface area contributed by atoms with Crippen LogP contribution in [0, 0.1) is 0 Å². The van der Waals surface area contributed by atoms with Gasteiger partial charge in [-0.05, 0) is 19.8 Å². The third-order valence-corrected chi connectivity index (χ3v) is 3.85. The number of hydrogen-bond acceptors (Lipinski definition) is 3. The number of unbranched alkanes of at least 4 members (excludes halogenated alkanes) is 6. The van der Waals surface area contributed by atoms with E-state index in [-0.39, 0.29) is 12.5 Å². The van der Waals surface area contributed by atoms with Gasteiger partial charge in [0.2, 0.25) is 5.91 Å². The van der Waals surface area contributed by atoms with Crippen LogP contribution in [0.15, 0.2) is 24.8 Å². The van der Waals surface area contributed by atoms with Gasteiger partial charge in [0.05, 0.1) is 6.61 Å². The van der Waals surface area contributed by atoms with Crippen molar-refractivity contribution in [3.63, 3.8) is 0 Å². The molecule has 0 aliphatic heterocycles. The minimum absolute atomic E-state index is 0.0186. The summed E-state index contributed by atoms with van der Waals surface area (Å²) >= 11 is 0. The molecule has 1 amide bonds. The Morgan fingerprint density at radius 1 is 1.13 bits per heavy atom. The first-order valence-corrected chi connectivity index (χ1v) is 9.56. The summed E-state index contributed by atoms with van der Waals surface area (Å²) in [5.41, 5.74) is 0.546. The Morgan fingerprint density at radius 2 is 1.65 bits per heavy atom. The van der Waals surface area contributed by atoms with Crippen molar-refractivity contribution in [2.75, 3.05) is 19.7 Å². The molecule has 6 nitrogen and oxygen atoms in total. The zero-order chi connectivity index (χ0) is 17.7. The predicted molar refractivity (Wildman–Crippen MR) is 91.9 cm³/mol. The number of phosphoric ester groups is 1. The van der Waals surface area contributed by atoms with Crippen LogP contribution in [0.3, 0.4) is 0 Å². The maximum absolute atomic E-state index is 11.9. The van der Waals surface area contributed by atoms with E-state index in [0.29, 0.717) is 25.1 Å². The van der Waals surface area contributed by atoms with Crippen LogP contribution in [0.1, 0.15) is 51.9 Å². The fourth-order valence-corrected chi connectivity index (χ4v) is 2.54. The Labute approximate surface area is 139 Å². The third kappa shape index (κ3) is 13.2. The molecule has 7 heteroatoms. The number of nitrogens with zero attached hydrogens (tertiary/aromatic N) is 1. The molecule has 0 aliphatic carbocycles. The molecule has 0 atom stereocenters. The number of carbonyl (C=O) groups is 1. The van der Waals surface area contributed by atoms with Gasteiger partial charge in [-0.25, -0.2) is 4.57 Å². The molecule has 0 aromatic rings. The molecule has 0 heterocycles. The summed E-state index contributed by atoms with van der Waals surface area (Å²) in [6.45, 7) is 10.4. The van der Waals surface area contributed by atoms with Crippen LogP contribution in [0.5, 0.6) is 0 Å². The lowest BCUT2D eigenvalue weighted by atomic mass is 10.1. The van der Waals surface area contributed by atoms with Gasteiger partial charge in [-0.1, -0.05) is 44.8 Å². The highest BCUT2D eigenvalue weighted by atomic mass is 31.2. The minimum Gasteiger partial charge on any atom is -0.335 e. The second-order valence-corrected chi connectivity index (χ2v) is 6.86. The SMILES string of the molecule is C=CCN(CCCCCCCCCOP(=O)(O)O)C(=O)C(=C)C. The number of carbonyl (C=O) groups excluding carboxylic acids is 1. The Bertz CT molecular complexity index is 419. The maximum atomic E-state index is 11.9. The van der Waals surface area contributed by atoms with E-state index < -0.39 is 7.82 Å². The van der Waals surface area contributed by atoms with Gasteiger partial charge in [-0.3, -0.25) is 9.32 Å². The largest absolute Gasteiger partial charge is 0.469 e. The van der Waals surface area contributed by atoms with Crippen LogP contribution in [-0.2, 0) is 13.9 Å². The molecule has 0 aliphatic rings. The number of phosphoric acid groups is 1. The van der Waals surface area contributed by atoms with Gasteiger partial charge in [-0.2, -0.15) is 0 Å². The van der Waals surface area contributed by atoms with Crippen molar-refractivity contribution in [2.45, 2.75) is 51.9 Å². The number of hydrogen-bond donors (Lipinski definition) is 2. The van der Waals surface area contributed by atoms with E-state index in [4.69, 9.17) is 9.79 Å². The Kier molecular flexibility index (Phi) is 12.0. The second-order valence-electron chi connectivity index (χ2n) is 5.62. The lowest BCUT2D eigenvalue weighted by Crippen LogP contribution is -2.32. The first kappa shape index (κ1) is 22.1. The van der Waals surface area contributed by atoms with Gasteiger partial charge < -0.3 is 14.7 Å². The lowest BCUT2D eigenvalue weighted by molar-refractivity contribution is -0.126. The highest BCUT2D eigenvalue weighted by Crippen LogP contribution is 2.35. The van der Waals surface area contributed by atoms with E-state index >= 15 is 0 Å². The first-order valence-electron chi connectivity index (χ1n) is 8.03. The molecule has 0 aromatic carbocycles. The minimum atomic E-state index is -4.31. The van der Waals surface area contributed by atoms with E-state index in [2.05, 4.69) is 17.7 Å². The summed E-state index contributed by atoms with van der Waals surface area (Å²) in [6, 6.07) is 0. The summed E-state index contributed by atoms with van der Waals surface area (Å²) in [6.07, 6.45) is 8.47. The maximum Gasteiger partial charge on any atom is 0.469 e. The number of rotatable bonds is 14. The Hall–Kier alpha value is -0.940. The van der Waals surface area contributed by atoms with Crippen molar-refractivity contribution >= 4 is 13.7 Å². The normalized spacial score (nSPS) is 11.3. The quantitative estimate of drug-likeness (QED) is 0.218. The van der Waals surface area contributed by atoms with E-state index in [1.165, 1.54) is 0 Å². The lowest BCUT2D eigenvalue weighted by Gasteiger charge is -2.21. The van der Waals surface area contributed by atoms with Crippen LogP contribution in [0.2, 0.25) is 0 Å². The van der Waals surface area contributed by atoms with E-state index in [9.17, 15) is 9.36 Å². The summed E-state index contributed by atoms with van der Waals surface area (Å²) in [5, 5.41) is 0. The van der Waals surface area contributed by atoms with Crippen molar-refractivity contribution in [3.8, 4) is 0 Å². The molecule has 0 fully saturated rings. The van der Waals surface area contributed by atoms with Crippen LogP contribution in [-0.4, -0.2) is 40.3 Å². The zero-order valence-corrected chi connectivity index (χ0v) is 15.0. The fraction of sp³-hybridized carbons (Fsp3) is 0.688. The predicted octanol–water partition coefficient (Wildman–Crippen LogP) is 3.42. The van der Waals surface area contributed by atoms with Crippen molar-refractivity contribution < 1.29 is 23.7 Å². The highest BCUT2D eigenvalue weighted by molar-refractivity contribution is 7.46. The molecule has 0 radical (unpaired) electrons. The van der Waals surface area contributed by atoms with Gasteiger partial charge in [-0.15, -0.1) is 6.58 Å². The second kappa shape index (κ2) is 12.5. The van der Waals surface area contributed by atoms with E-state index in [1.807, 2.05) is 0 Å². The molecular formula is C16H30NO5P. The van der Waals surface area contributed by atoms with Gasteiger partial charge in [0.25, 0.3) is 0 Å². The third-order valence-electron chi connectivity index (χ3n) is 3.33. The molecule has 0 saturated carbocycles. The monoisotopic (exact) mass is 347 g/mol. The summed E-state index contributed by atoms with van der Waals surface area (Å²) in [4.78, 5) is 30.7. The molecule has 23 heavy (non-hydrogen) atoms. The molecule has 0 spiro atoms. The van der Waals surface area contributed by atoms with Crippen LogP contribution in [0.4, 0.5) is 0 Å². The molecule has 0 rings (SSSR count). The Balaban J connectivity index is 3.60. The molecular weight excluding hydrogens is 317 g/mol.